The van der Waals surface area contributed by atoms with Gasteiger partial charge in [-0.2, -0.15) is 0 Å². The number of Topliss-reactive ketones (excluding diaryl/α,β-unsaturated/α-hetero) is 1. The van der Waals surface area contributed by atoms with E-state index in [0.717, 1.165) is 0 Å². The molecule has 0 aliphatic rings. The number of non-ortho nitro benzene ring substituents is 1. The quantitative estimate of drug-likeness (QED) is 0.0667. The molecule has 10 nitrogen and oxygen atoms in total. The topological polar surface area (TPSA) is 137 Å². The van der Waals surface area contributed by atoms with E-state index in [-0.39, 0.29) is 28.5 Å². The third-order valence-electron chi connectivity index (χ3n) is 6.09. The zero-order valence-corrected chi connectivity index (χ0v) is 24.1. The van der Waals surface area contributed by atoms with Crippen molar-refractivity contribution in [1.82, 2.24) is 5.32 Å². The number of rotatable bonds is 12. The maximum Gasteiger partial charge on any atom is 0.272 e. The summed E-state index contributed by atoms with van der Waals surface area (Å²) in [6.07, 6.45) is 1.52. The SMILES string of the molecule is COc1ccc(/C=C(\NC(=O)c2ccccc2)C(=O)Nc2cccc(SCC(=O)c3cccc([N+](=O)[O-])c3)c2)cc1OC. The molecule has 43 heavy (non-hydrogen) atoms. The highest BCUT2D eigenvalue weighted by atomic mass is 32.2. The van der Waals surface area contributed by atoms with Gasteiger partial charge in [0.15, 0.2) is 17.3 Å². The smallest absolute Gasteiger partial charge is 0.272 e. The minimum Gasteiger partial charge on any atom is -0.493 e. The Labute approximate surface area is 251 Å². The van der Waals surface area contributed by atoms with Crippen LogP contribution in [0.5, 0.6) is 11.5 Å². The molecule has 0 saturated heterocycles. The summed E-state index contributed by atoms with van der Waals surface area (Å²) in [7, 11) is 3.01. The molecule has 0 heterocycles. The molecule has 0 radical (unpaired) electrons. The van der Waals surface area contributed by atoms with Crippen LogP contribution in [0, 0.1) is 10.1 Å². The number of anilines is 1. The molecule has 2 N–H and O–H groups in total. The van der Waals surface area contributed by atoms with Crippen LogP contribution in [0.1, 0.15) is 26.3 Å². The molecule has 0 bridgehead atoms. The van der Waals surface area contributed by atoms with Crippen LogP contribution in [0.25, 0.3) is 6.08 Å². The van der Waals surface area contributed by atoms with Crippen molar-refractivity contribution in [2.45, 2.75) is 4.90 Å². The number of carbonyl (C=O) groups excluding carboxylic acids is 3. The van der Waals surface area contributed by atoms with E-state index in [1.807, 2.05) is 0 Å². The van der Waals surface area contributed by atoms with Crippen molar-refractivity contribution in [2.24, 2.45) is 0 Å². The maximum atomic E-state index is 13.4. The van der Waals surface area contributed by atoms with Crippen LogP contribution in [-0.4, -0.2) is 42.5 Å². The highest BCUT2D eigenvalue weighted by Crippen LogP contribution is 2.29. The summed E-state index contributed by atoms with van der Waals surface area (Å²) >= 11 is 1.22. The summed E-state index contributed by atoms with van der Waals surface area (Å²) in [5.74, 6) is -0.310. The molecule has 4 aromatic carbocycles. The maximum absolute atomic E-state index is 13.4. The second-order valence-corrected chi connectivity index (χ2v) is 10.0. The lowest BCUT2D eigenvalue weighted by Gasteiger charge is -2.13. The third-order valence-corrected chi connectivity index (χ3v) is 7.08. The Hall–Kier alpha value is -5.42. The van der Waals surface area contributed by atoms with Gasteiger partial charge < -0.3 is 20.1 Å². The summed E-state index contributed by atoms with van der Waals surface area (Å²) in [6.45, 7) is 0. The lowest BCUT2D eigenvalue weighted by molar-refractivity contribution is -0.384. The molecular weight excluding hydrogens is 570 g/mol. The van der Waals surface area contributed by atoms with Gasteiger partial charge in [0.2, 0.25) is 0 Å². The average Bonchev–Trinajstić information content (AvgIpc) is 3.03. The van der Waals surface area contributed by atoms with Crippen molar-refractivity contribution in [3.63, 3.8) is 0 Å². The van der Waals surface area contributed by atoms with E-state index in [1.54, 1.807) is 72.8 Å². The Kier molecular flexibility index (Phi) is 10.3. The number of nitrogens with one attached hydrogen (secondary N) is 2. The lowest BCUT2D eigenvalue weighted by Crippen LogP contribution is -2.30. The fourth-order valence-corrected chi connectivity index (χ4v) is 4.79. The van der Waals surface area contributed by atoms with Gasteiger partial charge in [-0.05, 0) is 54.1 Å². The van der Waals surface area contributed by atoms with Gasteiger partial charge in [0.05, 0.1) is 24.9 Å². The number of hydrogen-bond donors (Lipinski definition) is 2. The standard InChI is InChI=1S/C32H27N3O7S/c1-41-29-15-14-21(17-30(29)42-2)16-27(34-31(37)22-8-4-3-5-9-22)32(38)33-24-11-7-13-26(19-24)43-20-28(36)23-10-6-12-25(18-23)35(39)40/h3-19H,20H2,1-2H3,(H,33,38)(H,34,37)/b27-16-. The number of ether oxygens (including phenoxy) is 2. The number of benzene rings is 4. The Morgan fingerprint density at radius 1 is 0.837 bits per heavy atom. The minimum absolute atomic E-state index is 0.0139. The van der Waals surface area contributed by atoms with Gasteiger partial charge in [0.25, 0.3) is 17.5 Å². The van der Waals surface area contributed by atoms with E-state index < -0.39 is 16.7 Å². The van der Waals surface area contributed by atoms with E-state index >= 15 is 0 Å². The van der Waals surface area contributed by atoms with E-state index in [2.05, 4.69) is 10.6 Å². The van der Waals surface area contributed by atoms with Crippen molar-refractivity contribution < 1.29 is 28.8 Å². The van der Waals surface area contributed by atoms with Gasteiger partial charge in [-0.15, -0.1) is 11.8 Å². The van der Waals surface area contributed by atoms with Gasteiger partial charge in [-0.3, -0.25) is 24.5 Å². The Morgan fingerprint density at radius 2 is 1.56 bits per heavy atom. The van der Waals surface area contributed by atoms with Gasteiger partial charge >= 0.3 is 0 Å². The summed E-state index contributed by atoms with van der Waals surface area (Å²) < 4.78 is 10.6. The molecular formula is C32H27N3O7S. The predicted molar refractivity (Wildman–Crippen MR) is 165 cm³/mol. The Bertz CT molecular complexity index is 1690. The van der Waals surface area contributed by atoms with Crippen molar-refractivity contribution >= 4 is 46.8 Å². The number of thioether (sulfide) groups is 1. The number of hydrogen-bond acceptors (Lipinski definition) is 8. The first kappa shape index (κ1) is 30.5. The molecule has 0 unspecified atom stereocenters. The highest BCUT2D eigenvalue weighted by Gasteiger charge is 2.17. The molecule has 0 atom stereocenters. The molecule has 11 heteroatoms. The number of nitrogens with zero attached hydrogens (tertiary/aromatic N) is 1. The number of nitro benzene ring substituents is 1. The van der Waals surface area contributed by atoms with E-state index in [9.17, 15) is 24.5 Å². The molecule has 0 fully saturated rings. The van der Waals surface area contributed by atoms with Crippen LogP contribution in [-0.2, 0) is 4.79 Å². The van der Waals surface area contributed by atoms with Crippen LogP contribution in [0.2, 0.25) is 0 Å². The Morgan fingerprint density at radius 3 is 2.28 bits per heavy atom. The largest absolute Gasteiger partial charge is 0.493 e. The third kappa shape index (κ3) is 8.30. The first-order valence-corrected chi connectivity index (χ1v) is 13.9. The summed E-state index contributed by atoms with van der Waals surface area (Å²) in [5, 5.41) is 16.5. The first-order chi connectivity index (χ1) is 20.8. The van der Waals surface area contributed by atoms with Crippen LogP contribution >= 0.6 is 11.8 Å². The molecule has 4 aromatic rings. The molecule has 0 aliphatic heterocycles. The lowest BCUT2D eigenvalue weighted by atomic mass is 10.1. The zero-order valence-electron chi connectivity index (χ0n) is 23.2. The normalized spacial score (nSPS) is 10.9. The van der Waals surface area contributed by atoms with Crippen molar-refractivity contribution in [2.75, 3.05) is 25.3 Å². The second-order valence-electron chi connectivity index (χ2n) is 8.99. The molecule has 0 saturated carbocycles. The predicted octanol–water partition coefficient (Wildman–Crippen LogP) is 6.00. The second kappa shape index (κ2) is 14.5. The molecule has 0 aromatic heterocycles. The number of amides is 2. The zero-order chi connectivity index (χ0) is 30.8. The van der Waals surface area contributed by atoms with Crippen molar-refractivity contribution in [3.8, 4) is 11.5 Å². The minimum atomic E-state index is -0.575. The van der Waals surface area contributed by atoms with Gasteiger partial charge in [-0.25, -0.2) is 0 Å². The van der Waals surface area contributed by atoms with Crippen LogP contribution in [0.3, 0.4) is 0 Å². The number of ketones is 1. The number of carbonyl (C=O) groups is 3. The molecule has 4 rings (SSSR count). The van der Waals surface area contributed by atoms with Crippen LogP contribution in [0.15, 0.2) is 108 Å². The number of methoxy groups -OCH3 is 2. The molecule has 0 spiro atoms. The van der Waals surface area contributed by atoms with Crippen LogP contribution in [0.4, 0.5) is 11.4 Å². The fourth-order valence-electron chi connectivity index (χ4n) is 3.94. The monoisotopic (exact) mass is 597 g/mol. The van der Waals surface area contributed by atoms with E-state index in [0.29, 0.717) is 33.2 Å². The summed E-state index contributed by atoms with van der Waals surface area (Å²) in [6, 6.07) is 26.0. The molecule has 2 amide bonds. The Balaban J connectivity index is 1.52. The molecule has 218 valence electrons. The van der Waals surface area contributed by atoms with Crippen molar-refractivity contribution in [3.05, 3.63) is 130 Å². The van der Waals surface area contributed by atoms with Gasteiger partial charge in [0.1, 0.15) is 5.70 Å². The number of nitro groups is 1. The van der Waals surface area contributed by atoms with E-state index in [1.165, 1.54) is 56.3 Å². The van der Waals surface area contributed by atoms with Crippen molar-refractivity contribution in [1.29, 1.82) is 0 Å². The van der Waals surface area contributed by atoms with E-state index in [4.69, 9.17) is 9.47 Å². The molecule has 0 aliphatic carbocycles. The average molecular weight is 598 g/mol. The van der Waals surface area contributed by atoms with Gasteiger partial charge in [0, 0.05) is 33.8 Å². The summed E-state index contributed by atoms with van der Waals surface area (Å²) in [5.41, 5.74) is 1.47. The highest BCUT2D eigenvalue weighted by molar-refractivity contribution is 8.00. The summed E-state index contributed by atoms with van der Waals surface area (Å²) in [4.78, 5) is 50.2. The van der Waals surface area contributed by atoms with Crippen LogP contribution < -0.4 is 20.1 Å². The first-order valence-electron chi connectivity index (χ1n) is 12.9. The fraction of sp³-hybridized carbons (Fsp3) is 0.0938. The van der Waals surface area contributed by atoms with Gasteiger partial charge in [-0.1, -0.05) is 42.5 Å².